The molecule has 9 unspecified atom stereocenters. The molecule has 0 aromatic carbocycles. The summed E-state index contributed by atoms with van der Waals surface area (Å²) in [5.74, 6) is 0. The summed E-state index contributed by atoms with van der Waals surface area (Å²) >= 11 is -1.84. The Morgan fingerprint density at radius 2 is 1.41 bits per heavy atom. The van der Waals surface area contributed by atoms with Gasteiger partial charge in [0.25, 0.3) is 0 Å². The van der Waals surface area contributed by atoms with Gasteiger partial charge in [-0.2, -0.15) is 0 Å². The van der Waals surface area contributed by atoms with E-state index in [-0.39, 0.29) is 17.2 Å². The van der Waals surface area contributed by atoms with E-state index >= 15 is 0 Å². The van der Waals surface area contributed by atoms with Gasteiger partial charge in [-0.15, -0.1) is 0 Å². The predicted octanol–water partition coefficient (Wildman–Crippen LogP) is -4.62. The van der Waals surface area contributed by atoms with Crippen LogP contribution in [0.5, 0.6) is 0 Å². The van der Waals surface area contributed by atoms with Gasteiger partial charge in [0, 0.05) is 0 Å². The van der Waals surface area contributed by atoms with E-state index < -0.39 is 68.1 Å². The summed E-state index contributed by atoms with van der Waals surface area (Å²) in [6, 6.07) is 0. The molecule has 0 amide bonds. The summed E-state index contributed by atoms with van der Waals surface area (Å²) in [6.07, 6.45) is -10.6. The van der Waals surface area contributed by atoms with Gasteiger partial charge in [0.05, 0.1) is 0 Å². The van der Waals surface area contributed by atoms with E-state index in [1.807, 2.05) is 0 Å². The molecule has 9 N–H and O–H groups in total. The van der Waals surface area contributed by atoms with Crippen LogP contribution in [0.2, 0.25) is 15.5 Å². The van der Waals surface area contributed by atoms with Crippen molar-refractivity contribution in [2.45, 2.75) is 58.2 Å². The van der Waals surface area contributed by atoms with Crippen molar-refractivity contribution in [1.82, 2.24) is 0 Å². The van der Waals surface area contributed by atoms with Gasteiger partial charge in [0.2, 0.25) is 0 Å². The molecule has 132 valence electrons. The van der Waals surface area contributed by atoms with Crippen LogP contribution in [-0.2, 0) is 0 Å². The van der Waals surface area contributed by atoms with E-state index in [0.717, 1.165) is 0 Å². The summed E-state index contributed by atoms with van der Waals surface area (Å²) in [5, 5.41) is 85.7. The average Bonchev–Trinajstić information content (AvgIpc) is 2.77. The Morgan fingerprint density at radius 1 is 0.864 bits per heavy atom. The summed E-state index contributed by atoms with van der Waals surface area (Å²) in [7, 11) is 0. The second kappa shape index (κ2) is 8.86. The molecule has 0 aliphatic carbocycles. The summed E-state index contributed by atoms with van der Waals surface area (Å²) in [6.45, 7) is -1.16. The Balaban J connectivity index is 2.62. The van der Waals surface area contributed by atoms with Crippen molar-refractivity contribution in [2.24, 2.45) is 0 Å². The van der Waals surface area contributed by atoms with Crippen LogP contribution < -0.4 is 0 Å². The van der Waals surface area contributed by atoms with E-state index in [4.69, 9.17) is 5.11 Å². The zero-order valence-corrected chi connectivity index (χ0v) is 13.6. The molecule has 1 fully saturated rings. The predicted molar refractivity (Wildman–Crippen MR) is 75.3 cm³/mol. The minimum absolute atomic E-state index is 0.000483. The molecule has 0 radical (unpaired) electrons. The topological polar surface area (TPSA) is 182 Å². The molecule has 0 aromatic rings. The maximum absolute atomic E-state index is 9.96. The van der Waals surface area contributed by atoms with Gasteiger partial charge < -0.3 is 0 Å². The van der Waals surface area contributed by atoms with Crippen LogP contribution in [0.4, 0.5) is 0 Å². The Kier molecular flexibility index (Phi) is 8.13. The molecule has 1 aliphatic rings. The van der Waals surface area contributed by atoms with Crippen molar-refractivity contribution < 1.29 is 46.0 Å². The van der Waals surface area contributed by atoms with Gasteiger partial charge in [-0.1, -0.05) is 0 Å². The van der Waals surface area contributed by atoms with Crippen molar-refractivity contribution >= 4 is 13.9 Å². The Hall–Kier alpha value is 0.159. The summed E-state index contributed by atoms with van der Waals surface area (Å²) < 4.78 is 0. The third-order valence-corrected chi connectivity index (χ3v) is 9.75. The fourth-order valence-corrected chi connectivity index (χ4v) is 8.02. The van der Waals surface area contributed by atoms with Gasteiger partial charge in [-0.05, 0) is 0 Å². The molecule has 1 saturated heterocycles. The van der Waals surface area contributed by atoms with Gasteiger partial charge in [-0.3, -0.25) is 0 Å². The van der Waals surface area contributed by atoms with E-state index in [1.54, 1.807) is 0 Å². The molecule has 0 spiro atoms. The monoisotopic (exact) mass is 393 g/mol. The van der Waals surface area contributed by atoms with Crippen LogP contribution >= 0.6 is 0 Å². The van der Waals surface area contributed by atoms with Crippen LogP contribution in [-0.4, -0.2) is 116 Å². The number of hydrogen-bond donors (Lipinski definition) is 9. The summed E-state index contributed by atoms with van der Waals surface area (Å²) in [5.41, 5.74) is 0. The number of aliphatic hydroxyl groups excluding tert-OH is 9. The Morgan fingerprint density at radius 3 is 1.91 bits per heavy atom. The first-order valence-corrected chi connectivity index (χ1v) is 10.3. The first kappa shape index (κ1) is 20.2. The zero-order valence-electron chi connectivity index (χ0n) is 11.9. The zero-order chi connectivity index (χ0) is 17.0. The molecular weight excluding hydrogens is 367 g/mol. The molecule has 1 aliphatic heterocycles. The molecule has 0 aromatic heterocycles. The van der Waals surface area contributed by atoms with Gasteiger partial charge >= 0.3 is 131 Å². The van der Waals surface area contributed by atoms with Crippen molar-refractivity contribution in [3.8, 4) is 0 Å². The van der Waals surface area contributed by atoms with Crippen LogP contribution in [0.3, 0.4) is 0 Å². The van der Waals surface area contributed by atoms with Gasteiger partial charge in [0.1, 0.15) is 0 Å². The fourth-order valence-electron chi connectivity index (χ4n) is 2.37. The Labute approximate surface area is 132 Å². The first-order chi connectivity index (χ1) is 10.2. The van der Waals surface area contributed by atoms with Crippen LogP contribution in [0, 0.1) is 0 Å². The number of aliphatic hydroxyl groups is 9. The van der Waals surface area contributed by atoms with Crippen LogP contribution in [0.15, 0.2) is 0 Å². The molecule has 0 saturated carbocycles. The standard InChI is InChI=1S/C12H25O9Se/c13-1-5(15)10(19)12(21)11(20)7(17)4-22-3-6(16)9(18)8(22)2-14/h5-21H,1-4H2/q+1. The number of rotatable bonds is 8. The van der Waals surface area contributed by atoms with Crippen LogP contribution in [0.25, 0.3) is 0 Å². The molecule has 1 rings (SSSR count). The van der Waals surface area contributed by atoms with E-state index in [1.165, 1.54) is 0 Å². The Bertz CT molecular complexity index is 334. The first-order valence-electron chi connectivity index (χ1n) is 6.89. The molecule has 10 heteroatoms. The minimum atomic E-state index is -1.87. The fraction of sp³-hybridized carbons (Fsp3) is 1.00. The second-order valence-electron chi connectivity index (χ2n) is 5.44. The maximum atomic E-state index is 9.96. The molecule has 1 heterocycles. The summed E-state index contributed by atoms with van der Waals surface area (Å²) in [4.78, 5) is -0.540. The van der Waals surface area contributed by atoms with Crippen molar-refractivity contribution in [2.75, 3.05) is 13.2 Å². The van der Waals surface area contributed by atoms with E-state index in [0.29, 0.717) is 0 Å². The molecule has 22 heavy (non-hydrogen) atoms. The van der Waals surface area contributed by atoms with Crippen molar-refractivity contribution in [3.05, 3.63) is 0 Å². The number of hydrogen-bond acceptors (Lipinski definition) is 9. The SMILES string of the molecule is OCC(O)C(O)C(O)C(O)C(O)C[Se+]1CC(O)C(O)C1CO. The van der Waals surface area contributed by atoms with E-state index in [9.17, 15) is 40.9 Å². The molecule has 0 bridgehead atoms. The van der Waals surface area contributed by atoms with Crippen molar-refractivity contribution in [1.29, 1.82) is 0 Å². The third-order valence-electron chi connectivity index (χ3n) is 3.83. The third kappa shape index (κ3) is 4.59. The van der Waals surface area contributed by atoms with E-state index in [2.05, 4.69) is 0 Å². The van der Waals surface area contributed by atoms with Crippen molar-refractivity contribution in [3.63, 3.8) is 0 Å². The van der Waals surface area contributed by atoms with Crippen LogP contribution in [0.1, 0.15) is 0 Å². The average molecular weight is 392 g/mol. The normalized spacial score (nSPS) is 35.9. The van der Waals surface area contributed by atoms with Gasteiger partial charge in [0.15, 0.2) is 0 Å². The van der Waals surface area contributed by atoms with Gasteiger partial charge in [-0.25, -0.2) is 0 Å². The molecule has 9 atom stereocenters. The molecular formula is C12H25O9Se+. The molecule has 9 nitrogen and oxygen atoms in total. The quantitative estimate of drug-likeness (QED) is 0.184. The second-order valence-corrected chi connectivity index (χ2v) is 10.4.